The van der Waals surface area contributed by atoms with E-state index in [1.807, 2.05) is 59.8 Å². The van der Waals surface area contributed by atoms with Gasteiger partial charge in [0.1, 0.15) is 5.82 Å². The van der Waals surface area contributed by atoms with Gasteiger partial charge in [-0.25, -0.2) is 9.48 Å². The molecule has 3 heterocycles. The lowest BCUT2D eigenvalue weighted by Crippen LogP contribution is -2.38. The number of anilines is 1. The Morgan fingerprint density at radius 3 is 2.44 bits per heavy atom. The average molecular weight is 534 g/mol. The highest BCUT2D eigenvalue weighted by molar-refractivity contribution is 7.98. The fraction of sp³-hybridized carbons (Fsp3) is 0.188. The first-order valence-corrected chi connectivity index (χ1v) is 14.3. The molecule has 0 aliphatic carbocycles. The van der Waals surface area contributed by atoms with Gasteiger partial charge < -0.3 is 14.8 Å². The predicted molar refractivity (Wildman–Crippen MR) is 158 cm³/mol. The Morgan fingerprint density at radius 1 is 0.923 bits per heavy atom. The van der Waals surface area contributed by atoms with Crippen LogP contribution in [0.5, 0.6) is 0 Å². The molecule has 6 rings (SSSR count). The summed E-state index contributed by atoms with van der Waals surface area (Å²) in [6.07, 6.45) is 4.15. The van der Waals surface area contributed by atoms with Crippen LogP contribution in [0.25, 0.3) is 11.5 Å². The number of aryl methyl sites for hydroxylation is 2. The van der Waals surface area contributed by atoms with Crippen LogP contribution < -0.4 is 5.32 Å². The minimum atomic E-state index is -0.294. The fourth-order valence-electron chi connectivity index (χ4n) is 5.36. The van der Waals surface area contributed by atoms with Gasteiger partial charge in [0.15, 0.2) is 0 Å². The van der Waals surface area contributed by atoms with Crippen LogP contribution in [0.3, 0.4) is 0 Å². The second-order valence-corrected chi connectivity index (χ2v) is 10.8. The zero-order valence-corrected chi connectivity index (χ0v) is 23.4. The first-order valence-electron chi connectivity index (χ1n) is 13.1. The lowest BCUT2D eigenvalue weighted by Gasteiger charge is -2.31. The molecule has 6 nitrogen and oxygen atoms in total. The Balaban J connectivity index is 1.53. The summed E-state index contributed by atoms with van der Waals surface area (Å²) in [4.78, 5) is 17.3. The molecular formula is C32H31N5OS. The van der Waals surface area contributed by atoms with E-state index < -0.39 is 0 Å². The van der Waals surface area contributed by atoms with E-state index in [4.69, 9.17) is 5.10 Å². The quantitative estimate of drug-likeness (QED) is 0.244. The molecule has 1 aliphatic heterocycles. The third-order valence-corrected chi connectivity index (χ3v) is 8.37. The van der Waals surface area contributed by atoms with Crippen molar-refractivity contribution in [1.82, 2.24) is 19.2 Å². The number of benzene rings is 3. The van der Waals surface area contributed by atoms with Gasteiger partial charge in [0.25, 0.3) is 0 Å². The number of amides is 2. The van der Waals surface area contributed by atoms with Gasteiger partial charge >= 0.3 is 6.03 Å². The Hall–Kier alpha value is -4.23. The van der Waals surface area contributed by atoms with Crippen molar-refractivity contribution in [3.63, 3.8) is 0 Å². The van der Waals surface area contributed by atoms with Crippen molar-refractivity contribution in [3.05, 3.63) is 125 Å². The monoisotopic (exact) mass is 533 g/mol. The van der Waals surface area contributed by atoms with Crippen LogP contribution in [0.2, 0.25) is 0 Å². The Bertz CT molecular complexity index is 1650. The summed E-state index contributed by atoms with van der Waals surface area (Å²) in [5.41, 5.74) is 8.02. The zero-order chi connectivity index (χ0) is 27.1. The van der Waals surface area contributed by atoms with Gasteiger partial charge in [0, 0.05) is 22.3 Å². The third kappa shape index (κ3) is 4.42. The molecule has 0 spiro atoms. The normalized spacial score (nSPS) is 14.5. The molecule has 7 heteroatoms. The number of urea groups is 1. The number of thioether (sulfide) groups is 1. The van der Waals surface area contributed by atoms with E-state index in [0.717, 1.165) is 50.8 Å². The smallest absolute Gasteiger partial charge is 0.308 e. The lowest BCUT2D eigenvalue weighted by atomic mass is 10.0. The Kier molecular flexibility index (Phi) is 6.53. The molecule has 3 aromatic carbocycles. The molecule has 2 aromatic heterocycles. The van der Waals surface area contributed by atoms with Crippen LogP contribution in [0.15, 0.2) is 96.0 Å². The summed E-state index contributed by atoms with van der Waals surface area (Å²) >= 11 is 1.71. The zero-order valence-electron chi connectivity index (χ0n) is 22.6. The number of carbonyl (C=O) groups excluding carboxylic acids is 1. The maximum Gasteiger partial charge on any atom is 0.322 e. The van der Waals surface area contributed by atoms with Crippen LogP contribution in [0.4, 0.5) is 10.5 Å². The minimum Gasteiger partial charge on any atom is -0.308 e. The van der Waals surface area contributed by atoms with E-state index in [-0.39, 0.29) is 12.1 Å². The number of carbonyl (C=O) groups is 1. The van der Waals surface area contributed by atoms with Crippen LogP contribution in [-0.4, -0.2) is 31.5 Å². The largest absolute Gasteiger partial charge is 0.322 e. The van der Waals surface area contributed by atoms with E-state index in [0.29, 0.717) is 6.54 Å². The van der Waals surface area contributed by atoms with Gasteiger partial charge in [-0.1, -0.05) is 42.5 Å². The molecule has 5 aromatic rings. The van der Waals surface area contributed by atoms with E-state index >= 15 is 0 Å². The molecule has 0 saturated carbocycles. The number of fused-ring (bicyclic) bond motifs is 3. The Labute approximate surface area is 233 Å². The van der Waals surface area contributed by atoms with Crippen molar-refractivity contribution in [3.8, 4) is 11.5 Å². The minimum absolute atomic E-state index is 0.143. The first kappa shape index (κ1) is 25.1. The van der Waals surface area contributed by atoms with Gasteiger partial charge in [-0.05, 0) is 86.2 Å². The molecule has 0 saturated heterocycles. The van der Waals surface area contributed by atoms with Gasteiger partial charge in [-0.2, -0.15) is 5.10 Å². The Morgan fingerprint density at radius 2 is 1.69 bits per heavy atom. The summed E-state index contributed by atoms with van der Waals surface area (Å²) in [5.74, 6) is 0.964. The SMILES string of the molecule is CSc1ccc([C@H]2c3cccn3-c3c(c(C)nn3-c3ccccc3)CN2C(=O)Nc2cccc(C)c2C)cc1. The molecule has 39 heavy (non-hydrogen) atoms. The highest BCUT2D eigenvalue weighted by Gasteiger charge is 2.36. The van der Waals surface area contributed by atoms with Crippen molar-refractivity contribution in [2.45, 2.75) is 38.3 Å². The fourth-order valence-corrected chi connectivity index (χ4v) is 5.77. The number of hydrogen-bond acceptors (Lipinski definition) is 3. The summed E-state index contributed by atoms with van der Waals surface area (Å²) in [6.45, 7) is 6.55. The highest BCUT2D eigenvalue weighted by Crippen LogP contribution is 2.39. The number of nitrogens with zero attached hydrogens (tertiary/aromatic N) is 4. The van der Waals surface area contributed by atoms with Crippen molar-refractivity contribution in [1.29, 1.82) is 0 Å². The average Bonchev–Trinajstić information content (AvgIpc) is 3.52. The van der Waals surface area contributed by atoms with Crippen LogP contribution in [0, 0.1) is 20.8 Å². The second-order valence-electron chi connectivity index (χ2n) is 9.92. The van der Waals surface area contributed by atoms with Crippen molar-refractivity contribution in [2.24, 2.45) is 0 Å². The predicted octanol–water partition coefficient (Wildman–Crippen LogP) is 7.45. The van der Waals surface area contributed by atoms with Gasteiger partial charge in [0.2, 0.25) is 0 Å². The van der Waals surface area contributed by atoms with Crippen molar-refractivity contribution < 1.29 is 4.79 Å². The number of nitrogens with one attached hydrogen (secondary N) is 1. The molecule has 196 valence electrons. The number of para-hydroxylation sites is 1. The van der Waals surface area contributed by atoms with Crippen LogP contribution in [0.1, 0.15) is 39.7 Å². The van der Waals surface area contributed by atoms with E-state index in [2.05, 4.69) is 77.8 Å². The second kappa shape index (κ2) is 10.2. The third-order valence-electron chi connectivity index (χ3n) is 7.63. The maximum atomic E-state index is 14.2. The number of rotatable bonds is 4. The van der Waals surface area contributed by atoms with Crippen LogP contribution >= 0.6 is 11.8 Å². The summed E-state index contributed by atoms with van der Waals surface area (Å²) in [6, 6.07) is 28.4. The van der Waals surface area contributed by atoms with E-state index in [1.165, 1.54) is 4.90 Å². The molecule has 2 amide bonds. The molecule has 0 bridgehead atoms. The summed E-state index contributed by atoms with van der Waals surface area (Å²) in [5, 5.41) is 8.17. The van der Waals surface area contributed by atoms with Crippen molar-refractivity contribution in [2.75, 3.05) is 11.6 Å². The standard InChI is InChI=1S/C32H31N5OS/c1-21-10-8-13-28(22(21)2)33-32(38)36-20-27-23(3)34-37(25-11-6-5-7-12-25)31(27)35-19-9-14-29(35)30(36)24-15-17-26(39-4)18-16-24/h5-19,30H,20H2,1-4H3,(H,33,38)/t30-/m0/s1. The highest BCUT2D eigenvalue weighted by atomic mass is 32.2. The molecule has 1 atom stereocenters. The van der Waals surface area contributed by atoms with E-state index in [1.54, 1.807) is 11.8 Å². The molecule has 0 unspecified atom stereocenters. The van der Waals surface area contributed by atoms with Gasteiger partial charge in [0.05, 0.1) is 29.7 Å². The van der Waals surface area contributed by atoms with Gasteiger partial charge in [-0.3, -0.25) is 0 Å². The lowest BCUT2D eigenvalue weighted by molar-refractivity contribution is 0.194. The van der Waals surface area contributed by atoms with Crippen LogP contribution in [-0.2, 0) is 6.54 Å². The van der Waals surface area contributed by atoms with Gasteiger partial charge in [-0.15, -0.1) is 11.8 Å². The van der Waals surface area contributed by atoms with Crippen molar-refractivity contribution >= 4 is 23.5 Å². The summed E-state index contributed by atoms with van der Waals surface area (Å²) < 4.78 is 4.19. The van der Waals surface area contributed by atoms with E-state index in [9.17, 15) is 4.79 Å². The number of hydrogen-bond donors (Lipinski definition) is 1. The molecule has 1 N–H and O–H groups in total. The molecule has 1 aliphatic rings. The molecular weight excluding hydrogens is 502 g/mol. The topological polar surface area (TPSA) is 55.1 Å². The number of aromatic nitrogens is 3. The summed E-state index contributed by atoms with van der Waals surface area (Å²) in [7, 11) is 0. The molecule has 0 radical (unpaired) electrons. The first-order chi connectivity index (χ1) is 19.0. The maximum absolute atomic E-state index is 14.2. The molecule has 0 fully saturated rings.